The van der Waals surface area contributed by atoms with Crippen LogP contribution in [0, 0.1) is 5.92 Å². The first-order valence-electron chi connectivity index (χ1n) is 7.20. The van der Waals surface area contributed by atoms with Gasteiger partial charge in [0.05, 0.1) is 18.3 Å². The van der Waals surface area contributed by atoms with E-state index in [1.54, 1.807) is 6.20 Å². The van der Waals surface area contributed by atoms with Crippen LogP contribution in [0.1, 0.15) is 26.7 Å². The normalized spacial score (nSPS) is 31.9. The van der Waals surface area contributed by atoms with Crippen molar-refractivity contribution in [3.8, 4) is 0 Å². The van der Waals surface area contributed by atoms with Crippen LogP contribution < -0.4 is 5.32 Å². The van der Waals surface area contributed by atoms with Crippen molar-refractivity contribution in [1.82, 2.24) is 9.97 Å². The summed E-state index contributed by atoms with van der Waals surface area (Å²) in [5.74, 6) is -0.0218. The zero-order valence-corrected chi connectivity index (χ0v) is 12.9. The van der Waals surface area contributed by atoms with Gasteiger partial charge in [-0.1, -0.05) is 11.6 Å². The van der Waals surface area contributed by atoms with Crippen molar-refractivity contribution in [2.45, 2.75) is 50.8 Å². The first kappa shape index (κ1) is 15.0. The molecule has 1 aromatic heterocycles. The molecular weight excluding hydrogens is 294 g/mol. The molecule has 1 saturated heterocycles. The maximum absolute atomic E-state index is 10.4. The Morgan fingerprint density at radius 1 is 1.38 bits per heavy atom. The van der Waals surface area contributed by atoms with Gasteiger partial charge in [0.2, 0.25) is 0 Å². The summed E-state index contributed by atoms with van der Waals surface area (Å²) in [6.45, 7) is 4.18. The molecular formula is C14H20ClN3O3. The number of ether oxygens (including phenoxy) is 2. The largest absolute Gasteiger partial charge is 0.391 e. The lowest BCUT2D eigenvalue weighted by atomic mass is 9.98. The molecule has 2 heterocycles. The van der Waals surface area contributed by atoms with Crippen molar-refractivity contribution in [3.05, 3.63) is 17.5 Å². The Balaban J connectivity index is 1.59. The van der Waals surface area contributed by atoms with Gasteiger partial charge < -0.3 is 19.9 Å². The fraction of sp³-hybridized carbons (Fsp3) is 0.714. The molecule has 1 aliphatic heterocycles. The molecule has 1 aliphatic carbocycles. The highest BCUT2D eigenvalue weighted by Gasteiger charge is 2.50. The maximum Gasteiger partial charge on any atom is 0.171 e. The lowest BCUT2D eigenvalue weighted by molar-refractivity contribution is -0.160. The van der Waals surface area contributed by atoms with Gasteiger partial charge in [0.15, 0.2) is 16.8 Å². The summed E-state index contributed by atoms with van der Waals surface area (Å²) in [6, 6.07) is 0. The molecule has 2 fully saturated rings. The van der Waals surface area contributed by atoms with Crippen molar-refractivity contribution in [1.29, 1.82) is 0 Å². The molecule has 3 rings (SSSR count). The molecule has 0 aromatic carbocycles. The Morgan fingerprint density at radius 3 is 2.90 bits per heavy atom. The smallest absolute Gasteiger partial charge is 0.171 e. The lowest BCUT2D eigenvalue weighted by Gasteiger charge is -2.25. The number of aliphatic hydroxyl groups excluding tert-OH is 1. The van der Waals surface area contributed by atoms with E-state index >= 15 is 0 Å². The summed E-state index contributed by atoms with van der Waals surface area (Å²) >= 11 is 5.93. The molecule has 0 spiro atoms. The number of rotatable bonds is 4. The fourth-order valence-electron chi connectivity index (χ4n) is 3.17. The number of hydrogen-bond donors (Lipinski definition) is 2. The van der Waals surface area contributed by atoms with Gasteiger partial charge in [0, 0.05) is 24.9 Å². The third-order valence-electron chi connectivity index (χ3n) is 4.05. The third kappa shape index (κ3) is 3.13. The average molecular weight is 314 g/mol. The van der Waals surface area contributed by atoms with Gasteiger partial charge in [-0.25, -0.2) is 9.97 Å². The zero-order chi connectivity index (χ0) is 15.0. The van der Waals surface area contributed by atoms with Crippen LogP contribution in [0.25, 0.3) is 0 Å². The summed E-state index contributed by atoms with van der Waals surface area (Å²) in [6.07, 6.45) is 4.38. The Kier molecular flexibility index (Phi) is 4.05. The van der Waals surface area contributed by atoms with Crippen molar-refractivity contribution < 1.29 is 14.6 Å². The number of nitrogens with zero attached hydrogens (tertiary/aromatic N) is 2. The van der Waals surface area contributed by atoms with Gasteiger partial charge in [-0.3, -0.25) is 0 Å². The van der Waals surface area contributed by atoms with Crippen molar-refractivity contribution in [2.24, 2.45) is 5.92 Å². The number of halogens is 1. The highest BCUT2D eigenvalue weighted by molar-refractivity contribution is 6.31. The summed E-state index contributed by atoms with van der Waals surface area (Å²) in [4.78, 5) is 8.03. The minimum absolute atomic E-state index is 0.0471. The average Bonchev–Trinajstić information content (AvgIpc) is 2.92. The van der Waals surface area contributed by atoms with Crippen LogP contribution in [0.4, 0.5) is 5.82 Å². The summed E-state index contributed by atoms with van der Waals surface area (Å²) < 4.78 is 11.8. The molecule has 0 radical (unpaired) electrons. The number of anilines is 1. The second kappa shape index (κ2) is 5.68. The molecule has 1 aromatic rings. The predicted octanol–water partition coefficient (Wildman–Crippen LogP) is 1.83. The van der Waals surface area contributed by atoms with Crippen LogP contribution in [-0.2, 0) is 9.47 Å². The highest BCUT2D eigenvalue weighted by Crippen LogP contribution is 2.42. The molecule has 0 unspecified atom stereocenters. The maximum atomic E-state index is 10.4. The Labute approximate surface area is 128 Å². The van der Waals surface area contributed by atoms with E-state index in [0.29, 0.717) is 17.5 Å². The molecule has 0 bridgehead atoms. The van der Waals surface area contributed by atoms with Gasteiger partial charge >= 0.3 is 0 Å². The van der Waals surface area contributed by atoms with Gasteiger partial charge in [-0.2, -0.15) is 0 Å². The van der Waals surface area contributed by atoms with E-state index in [1.807, 2.05) is 13.8 Å². The highest BCUT2D eigenvalue weighted by atomic mass is 35.5. The summed E-state index contributed by atoms with van der Waals surface area (Å²) in [5, 5.41) is 13.8. The van der Waals surface area contributed by atoms with Crippen LogP contribution in [0.15, 0.2) is 12.4 Å². The first-order valence-corrected chi connectivity index (χ1v) is 7.58. The topological polar surface area (TPSA) is 76.5 Å². The van der Waals surface area contributed by atoms with Crippen molar-refractivity contribution in [3.63, 3.8) is 0 Å². The van der Waals surface area contributed by atoms with Gasteiger partial charge in [-0.15, -0.1) is 0 Å². The second-order valence-corrected chi connectivity index (χ2v) is 6.38. The van der Waals surface area contributed by atoms with Crippen molar-refractivity contribution in [2.75, 3.05) is 11.9 Å². The van der Waals surface area contributed by atoms with E-state index in [-0.39, 0.29) is 18.1 Å². The van der Waals surface area contributed by atoms with E-state index < -0.39 is 11.9 Å². The van der Waals surface area contributed by atoms with Gasteiger partial charge in [0.25, 0.3) is 0 Å². The molecule has 6 nitrogen and oxygen atoms in total. The molecule has 1 saturated carbocycles. The SMILES string of the molecule is CC1(C)O[C@H]2[C@H]([C@H](O)CNc3nccnc3Cl)CC[C@H]2O1. The van der Waals surface area contributed by atoms with Crippen LogP contribution in [0.2, 0.25) is 5.15 Å². The van der Waals surface area contributed by atoms with E-state index in [9.17, 15) is 5.11 Å². The minimum Gasteiger partial charge on any atom is -0.391 e. The predicted molar refractivity (Wildman–Crippen MR) is 78.1 cm³/mol. The lowest BCUT2D eigenvalue weighted by Crippen LogP contribution is -2.36. The van der Waals surface area contributed by atoms with Crippen LogP contribution in [0.5, 0.6) is 0 Å². The number of hydrogen-bond acceptors (Lipinski definition) is 6. The third-order valence-corrected chi connectivity index (χ3v) is 4.33. The monoisotopic (exact) mass is 313 g/mol. The van der Waals surface area contributed by atoms with E-state index in [0.717, 1.165) is 12.8 Å². The molecule has 2 N–H and O–H groups in total. The van der Waals surface area contributed by atoms with E-state index in [1.165, 1.54) is 6.20 Å². The number of aliphatic hydroxyl groups is 1. The molecule has 2 aliphatic rings. The Morgan fingerprint density at radius 2 is 2.14 bits per heavy atom. The number of nitrogens with one attached hydrogen (secondary N) is 1. The molecule has 4 atom stereocenters. The van der Waals surface area contributed by atoms with Crippen LogP contribution in [0.3, 0.4) is 0 Å². The Hall–Kier alpha value is -0.950. The number of aromatic nitrogens is 2. The van der Waals surface area contributed by atoms with E-state index in [4.69, 9.17) is 21.1 Å². The van der Waals surface area contributed by atoms with Crippen molar-refractivity contribution >= 4 is 17.4 Å². The van der Waals surface area contributed by atoms with Gasteiger partial charge in [0.1, 0.15) is 0 Å². The summed E-state index contributed by atoms with van der Waals surface area (Å²) in [7, 11) is 0. The van der Waals surface area contributed by atoms with Crippen LogP contribution >= 0.6 is 11.6 Å². The van der Waals surface area contributed by atoms with Crippen LogP contribution in [-0.4, -0.2) is 45.7 Å². The fourth-order valence-corrected chi connectivity index (χ4v) is 3.35. The number of fused-ring (bicyclic) bond motifs is 1. The molecule has 21 heavy (non-hydrogen) atoms. The minimum atomic E-state index is -0.560. The quantitative estimate of drug-likeness (QED) is 0.883. The second-order valence-electron chi connectivity index (χ2n) is 6.02. The Bertz CT molecular complexity index is 514. The standard InChI is InChI=1S/C14H20ClN3O3/c1-14(2)20-10-4-3-8(11(10)21-14)9(19)7-18-13-12(15)16-5-6-17-13/h5-6,8-11,19H,3-4,7H2,1-2H3,(H,17,18)/t8-,9+,10+,11-/m0/s1. The first-order chi connectivity index (χ1) is 9.96. The molecule has 0 amide bonds. The van der Waals surface area contributed by atoms with E-state index in [2.05, 4.69) is 15.3 Å². The van der Waals surface area contributed by atoms with Gasteiger partial charge in [-0.05, 0) is 26.7 Å². The zero-order valence-electron chi connectivity index (χ0n) is 12.1. The molecule has 7 heteroatoms. The molecule has 116 valence electrons. The summed E-state index contributed by atoms with van der Waals surface area (Å²) in [5.41, 5.74) is 0.